The summed E-state index contributed by atoms with van der Waals surface area (Å²) in [4.78, 5) is 51.4. The van der Waals surface area contributed by atoms with E-state index in [2.05, 4.69) is 10.6 Å². The third-order valence-electron chi connectivity index (χ3n) is 5.01. The summed E-state index contributed by atoms with van der Waals surface area (Å²) in [6.45, 7) is 7.40. The van der Waals surface area contributed by atoms with Gasteiger partial charge in [0, 0.05) is 31.2 Å². The first kappa shape index (κ1) is 24.8. The number of nitrogens with zero attached hydrogens (tertiary/aromatic N) is 1. The molecule has 0 saturated carbocycles. The van der Waals surface area contributed by atoms with Crippen molar-refractivity contribution in [2.24, 2.45) is 5.73 Å². The van der Waals surface area contributed by atoms with Gasteiger partial charge >= 0.3 is 0 Å². The molecule has 1 aromatic carbocycles. The van der Waals surface area contributed by atoms with Gasteiger partial charge in [-0.3, -0.25) is 19.2 Å². The molecular weight excluding hydrogens is 408 g/mol. The number of nitrogens with two attached hydrogens (primary N) is 1. The van der Waals surface area contributed by atoms with Gasteiger partial charge in [0.2, 0.25) is 23.6 Å². The predicted molar refractivity (Wildman–Crippen MR) is 122 cm³/mol. The first-order valence-corrected chi connectivity index (χ1v) is 10.6. The molecule has 2 rings (SSSR count). The molecule has 172 valence electrons. The van der Waals surface area contributed by atoms with Crippen molar-refractivity contribution in [2.45, 2.75) is 58.7 Å². The Morgan fingerprint density at radius 2 is 1.69 bits per heavy atom. The number of allylic oxidation sites excluding steroid dienone is 2. The highest BCUT2D eigenvalue weighted by Crippen LogP contribution is 2.20. The van der Waals surface area contributed by atoms with Gasteiger partial charge in [-0.1, -0.05) is 41.5 Å². The van der Waals surface area contributed by atoms with Crippen LogP contribution in [-0.2, 0) is 25.6 Å². The second kappa shape index (κ2) is 11.3. The molecule has 0 spiro atoms. The van der Waals surface area contributed by atoms with E-state index in [9.17, 15) is 19.2 Å². The molecule has 32 heavy (non-hydrogen) atoms. The Balaban J connectivity index is 2.18. The van der Waals surface area contributed by atoms with Gasteiger partial charge in [-0.15, -0.1) is 0 Å². The van der Waals surface area contributed by atoms with E-state index in [0.717, 1.165) is 16.7 Å². The number of carbonyl (C=O) groups excluding carboxylic acids is 4. The minimum Gasteiger partial charge on any atom is -0.368 e. The van der Waals surface area contributed by atoms with E-state index in [1.807, 2.05) is 44.2 Å². The fourth-order valence-electron chi connectivity index (χ4n) is 3.61. The van der Waals surface area contributed by atoms with Crippen LogP contribution < -0.4 is 16.4 Å². The average Bonchev–Trinajstić information content (AvgIpc) is 3.11. The normalized spacial score (nSPS) is 18.3. The number of likely N-dealkylation sites (tertiary alicyclic amines) is 1. The summed E-state index contributed by atoms with van der Waals surface area (Å²) < 4.78 is 0. The topological polar surface area (TPSA) is 122 Å². The van der Waals surface area contributed by atoms with Gasteiger partial charge in [0.15, 0.2) is 0 Å². The van der Waals surface area contributed by atoms with E-state index in [1.54, 1.807) is 13.8 Å². The molecule has 1 saturated heterocycles. The molecule has 8 heteroatoms. The first-order chi connectivity index (χ1) is 15.1. The van der Waals surface area contributed by atoms with E-state index >= 15 is 0 Å². The zero-order chi connectivity index (χ0) is 23.8. The van der Waals surface area contributed by atoms with E-state index in [4.69, 9.17) is 5.73 Å². The molecule has 4 amide bonds. The zero-order valence-electron chi connectivity index (χ0n) is 19.1. The lowest BCUT2D eigenvalue weighted by Crippen LogP contribution is -2.52. The Bertz CT molecular complexity index is 915. The van der Waals surface area contributed by atoms with E-state index in [-0.39, 0.29) is 37.2 Å². The van der Waals surface area contributed by atoms with Crippen molar-refractivity contribution in [1.82, 2.24) is 15.5 Å². The van der Waals surface area contributed by atoms with Crippen molar-refractivity contribution >= 4 is 23.6 Å². The Morgan fingerprint density at radius 1 is 1.06 bits per heavy atom. The quantitative estimate of drug-likeness (QED) is 0.526. The molecule has 0 unspecified atom stereocenters. The van der Waals surface area contributed by atoms with Gasteiger partial charge in [-0.05, 0) is 39.7 Å². The molecule has 1 aromatic rings. The second-order valence-electron chi connectivity index (χ2n) is 8.54. The summed E-state index contributed by atoms with van der Waals surface area (Å²) in [5.74, 6) is -1.72. The molecule has 1 fully saturated rings. The highest BCUT2D eigenvalue weighted by molar-refractivity contribution is 5.96. The van der Waals surface area contributed by atoms with Crippen LogP contribution >= 0.6 is 0 Å². The summed E-state index contributed by atoms with van der Waals surface area (Å²) in [5.41, 5.74) is 8.02. The number of benzene rings is 1. The largest absolute Gasteiger partial charge is 0.368 e. The number of hydrogen-bond donors (Lipinski definition) is 3. The number of hydrogen-bond acceptors (Lipinski definition) is 4. The Morgan fingerprint density at radius 3 is 2.25 bits per heavy atom. The molecule has 4 N–H and O–H groups in total. The maximum atomic E-state index is 13.1. The number of amides is 4. The van der Waals surface area contributed by atoms with Crippen LogP contribution in [0.3, 0.4) is 0 Å². The predicted octanol–water partition coefficient (Wildman–Crippen LogP) is 1.22. The highest BCUT2D eigenvalue weighted by atomic mass is 16.2. The SMILES string of the molecule is CC(C)=CC(=O)N[C@@H]1C[C@@H](C(=O)N[C@H](Cc2ccccc2)C(N)=O)N(C(=O)C=C(C)C)C1. The monoisotopic (exact) mass is 440 g/mol. The van der Waals surface area contributed by atoms with Crippen LogP contribution in [-0.4, -0.2) is 53.2 Å². The van der Waals surface area contributed by atoms with Crippen molar-refractivity contribution in [3.63, 3.8) is 0 Å². The molecule has 0 bridgehead atoms. The molecular formula is C24H32N4O4. The molecule has 1 aliphatic rings. The molecule has 1 aliphatic heterocycles. The molecule has 3 atom stereocenters. The van der Waals surface area contributed by atoms with Crippen LogP contribution in [0.5, 0.6) is 0 Å². The van der Waals surface area contributed by atoms with Crippen molar-refractivity contribution in [3.05, 3.63) is 59.2 Å². The zero-order valence-corrected chi connectivity index (χ0v) is 19.1. The Labute approximate surface area is 188 Å². The fourth-order valence-corrected chi connectivity index (χ4v) is 3.61. The van der Waals surface area contributed by atoms with Crippen LogP contribution in [0.2, 0.25) is 0 Å². The molecule has 8 nitrogen and oxygen atoms in total. The van der Waals surface area contributed by atoms with Gasteiger partial charge in [-0.25, -0.2) is 0 Å². The lowest BCUT2D eigenvalue weighted by Gasteiger charge is -2.25. The molecule has 0 aliphatic carbocycles. The van der Waals surface area contributed by atoms with Crippen molar-refractivity contribution in [3.8, 4) is 0 Å². The average molecular weight is 441 g/mol. The molecule has 0 radical (unpaired) electrons. The minimum atomic E-state index is -0.912. The number of nitrogens with one attached hydrogen (secondary N) is 2. The van der Waals surface area contributed by atoms with Gasteiger partial charge < -0.3 is 21.3 Å². The van der Waals surface area contributed by atoms with Crippen LogP contribution in [0, 0.1) is 0 Å². The Hall–Kier alpha value is -3.42. The maximum absolute atomic E-state index is 13.1. The van der Waals surface area contributed by atoms with Gasteiger partial charge in [-0.2, -0.15) is 0 Å². The third-order valence-corrected chi connectivity index (χ3v) is 5.01. The summed E-state index contributed by atoms with van der Waals surface area (Å²) in [6.07, 6.45) is 3.42. The van der Waals surface area contributed by atoms with Crippen molar-refractivity contribution in [1.29, 1.82) is 0 Å². The standard InChI is InChI=1S/C24H32N4O4/c1-15(2)10-21(29)26-18-13-20(28(14-18)22(30)11-16(3)4)24(32)27-19(23(25)31)12-17-8-6-5-7-9-17/h5-11,18-20H,12-14H2,1-4H3,(H2,25,31)(H,26,29)(H,27,32)/t18-,19-,20+/m1/s1. The fraction of sp³-hybridized carbons (Fsp3) is 0.417. The van der Waals surface area contributed by atoms with E-state index in [1.165, 1.54) is 17.1 Å². The Kier molecular flexibility index (Phi) is 8.75. The first-order valence-electron chi connectivity index (χ1n) is 10.6. The van der Waals surface area contributed by atoms with Crippen molar-refractivity contribution < 1.29 is 19.2 Å². The summed E-state index contributed by atoms with van der Waals surface area (Å²) in [6, 6.07) is 7.10. The van der Waals surface area contributed by atoms with Crippen LogP contribution in [0.1, 0.15) is 39.7 Å². The highest BCUT2D eigenvalue weighted by Gasteiger charge is 2.40. The number of primary amides is 1. The number of carbonyl (C=O) groups is 4. The van der Waals surface area contributed by atoms with Crippen molar-refractivity contribution in [2.75, 3.05) is 6.54 Å². The lowest BCUT2D eigenvalue weighted by atomic mass is 10.0. The smallest absolute Gasteiger partial charge is 0.247 e. The summed E-state index contributed by atoms with van der Waals surface area (Å²) in [5, 5.41) is 5.55. The van der Waals surface area contributed by atoms with Crippen LogP contribution in [0.25, 0.3) is 0 Å². The summed E-state index contributed by atoms with van der Waals surface area (Å²) in [7, 11) is 0. The van der Waals surface area contributed by atoms with E-state index in [0.29, 0.717) is 0 Å². The maximum Gasteiger partial charge on any atom is 0.247 e. The summed E-state index contributed by atoms with van der Waals surface area (Å²) >= 11 is 0. The van der Waals surface area contributed by atoms with E-state index < -0.39 is 23.9 Å². The van der Waals surface area contributed by atoms with Gasteiger partial charge in [0.05, 0.1) is 0 Å². The van der Waals surface area contributed by atoms with Gasteiger partial charge in [0.1, 0.15) is 12.1 Å². The van der Waals surface area contributed by atoms with Crippen LogP contribution in [0.4, 0.5) is 0 Å². The van der Waals surface area contributed by atoms with Crippen LogP contribution in [0.15, 0.2) is 53.6 Å². The van der Waals surface area contributed by atoms with Gasteiger partial charge in [0.25, 0.3) is 0 Å². The third kappa shape index (κ3) is 7.37. The minimum absolute atomic E-state index is 0.197. The molecule has 0 aromatic heterocycles. The lowest BCUT2D eigenvalue weighted by molar-refractivity contribution is -0.136. The molecule has 1 heterocycles. The second-order valence-corrected chi connectivity index (χ2v) is 8.54. The number of rotatable bonds is 8.